The Labute approximate surface area is 131 Å². The van der Waals surface area contributed by atoms with E-state index in [4.69, 9.17) is 0 Å². The molecule has 0 saturated carbocycles. The molecule has 0 fully saturated rings. The van der Waals surface area contributed by atoms with Gasteiger partial charge in [-0.05, 0) is 24.6 Å². The Morgan fingerprint density at radius 2 is 1.78 bits per heavy atom. The average Bonchev–Trinajstić information content (AvgIpc) is 3.06. The highest BCUT2D eigenvalue weighted by Crippen LogP contribution is 2.34. The predicted octanol–water partition coefficient (Wildman–Crippen LogP) is 4.17. The van der Waals surface area contributed by atoms with Crippen LogP contribution in [0.2, 0.25) is 0 Å². The molecule has 0 spiro atoms. The van der Waals surface area contributed by atoms with Gasteiger partial charge in [0, 0.05) is 5.56 Å². The van der Waals surface area contributed by atoms with Crippen LogP contribution in [0, 0.1) is 5.82 Å². The highest BCUT2D eigenvalue weighted by atomic mass is 19.3. The summed E-state index contributed by atoms with van der Waals surface area (Å²) in [5.41, 5.74) is 0.0434. The molecule has 1 atom stereocenters. The van der Waals surface area contributed by atoms with E-state index in [0.717, 1.165) is 0 Å². The van der Waals surface area contributed by atoms with Crippen molar-refractivity contribution in [1.82, 2.24) is 15.0 Å². The van der Waals surface area contributed by atoms with E-state index in [1.54, 1.807) is 37.3 Å². The molecule has 23 heavy (non-hydrogen) atoms. The molecule has 1 heterocycles. The van der Waals surface area contributed by atoms with Crippen LogP contribution in [0.15, 0.2) is 60.8 Å². The molecule has 0 radical (unpaired) electrons. The van der Waals surface area contributed by atoms with Gasteiger partial charge < -0.3 is 0 Å². The first-order valence-electron chi connectivity index (χ1n) is 7.09. The molecule has 0 unspecified atom stereocenters. The van der Waals surface area contributed by atoms with Gasteiger partial charge >= 0.3 is 5.92 Å². The summed E-state index contributed by atoms with van der Waals surface area (Å²) in [6, 6.07) is 13.0. The van der Waals surface area contributed by atoms with Crippen LogP contribution in [-0.2, 0) is 5.92 Å². The van der Waals surface area contributed by atoms with Crippen molar-refractivity contribution >= 4 is 0 Å². The molecule has 0 aliphatic heterocycles. The molecule has 6 heteroatoms. The van der Waals surface area contributed by atoms with Crippen molar-refractivity contribution in [2.24, 2.45) is 0 Å². The second-order valence-corrected chi connectivity index (χ2v) is 5.26. The van der Waals surface area contributed by atoms with E-state index in [2.05, 4.69) is 10.3 Å². The van der Waals surface area contributed by atoms with Crippen molar-refractivity contribution in [3.63, 3.8) is 0 Å². The fraction of sp³-hybridized carbons (Fsp3) is 0.176. The zero-order valence-electron chi connectivity index (χ0n) is 12.3. The fourth-order valence-electron chi connectivity index (χ4n) is 2.32. The number of nitrogens with zero attached hydrogens (tertiary/aromatic N) is 3. The van der Waals surface area contributed by atoms with Crippen LogP contribution in [0.4, 0.5) is 13.2 Å². The number of benzene rings is 2. The molecule has 0 aliphatic rings. The third-order valence-corrected chi connectivity index (χ3v) is 3.70. The number of hydrogen-bond donors (Lipinski definition) is 0. The Morgan fingerprint density at radius 1 is 1.04 bits per heavy atom. The molecule has 3 nitrogen and oxygen atoms in total. The smallest absolute Gasteiger partial charge is 0.245 e. The van der Waals surface area contributed by atoms with E-state index in [1.807, 2.05) is 0 Å². The first-order chi connectivity index (χ1) is 11.0. The minimum atomic E-state index is -3.23. The maximum absolute atomic E-state index is 14.5. The van der Waals surface area contributed by atoms with Crippen LogP contribution in [0.25, 0.3) is 0 Å². The van der Waals surface area contributed by atoms with Gasteiger partial charge in [-0.15, -0.1) is 5.10 Å². The third-order valence-electron chi connectivity index (χ3n) is 3.70. The number of aromatic nitrogens is 3. The summed E-state index contributed by atoms with van der Waals surface area (Å²) < 4.78 is 43.5. The molecule has 0 aliphatic carbocycles. The Balaban J connectivity index is 1.91. The van der Waals surface area contributed by atoms with E-state index < -0.39 is 17.7 Å². The van der Waals surface area contributed by atoms with Crippen LogP contribution in [0.1, 0.15) is 29.8 Å². The average molecular weight is 317 g/mol. The molecule has 0 N–H and O–H groups in total. The largest absolute Gasteiger partial charge is 0.318 e. The maximum Gasteiger partial charge on any atom is 0.318 e. The molecule has 0 saturated heterocycles. The molecule has 3 rings (SSSR count). The summed E-state index contributed by atoms with van der Waals surface area (Å²) in [5.74, 6) is -3.62. The first kappa shape index (κ1) is 15.3. The van der Waals surface area contributed by atoms with E-state index in [-0.39, 0.29) is 11.4 Å². The number of rotatable bonds is 4. The normalized spacial score (nSPS) is 13.0. The van der Waals surface area contributed by atoms with Crippen molar-refractivity contribution in [2.75, 3.05) is 0 Å². The minimum Gasteiger partial charge on any atom is -0.245 e. The van der Waals surface area contributed by atoms with Gasteiger partial charge in [0.15, 0.2) is 5.69 Å². The Morgan fingerprint density at radius 3 is 2.48 bits per heavy atom. The third kappa shape index (κ3) is 2.97. The van der Waals surface area contributed by atoms with Gasteiger partial charge in [0.05, 0.1) is 12.2 Å². The summed E-state index contributed by atoms with van der Waals surface area (Å²) in [6.45, 7) is 1.74. The van der Waals surface area contributed by atoms with Gasteiger partial charge in [0.1, 0.15) is 5.82 Å². The van der Waals surface area contributed by atoms with Crippen LogP contribution in [0.3, 0.4) is 0 Å². The fourth-order valence-corrected chi connectivity index (χ4v) is 2.32. The van der Waals surface area contributed by atoms with E-state index in [1.165, 1.54) is 35.1 Å². The van der Waals surface area contributed by atoms with Crippen LogP contribution in [0.5, 0.6) is 0 Å². The summed E-state index contributed by atoms with van der Waals surface area (Å²) in [7, 11) is 0. The van der Waals surface area contributed by atoms with E-state index in [9.17, 15) is 13.2 Å². The standard InChI is InChI=1S/C17H14F3N3/c1-12(13-6-5-9-15(18)10-13)23-11-16(21-22-23)17(19,20)14-7-3-2-4-8-14/h2-12H,1H3/t12-/m1/s1. The summed E-state index contributed by atoms with van der Waals surface area (Å²) in [4.78, 5) is 0. The van der Waals surface area contributed by atoms with Crippen molar-refractivity contribution in [2.45, 2.75) is 18.9 Å². The second-order valence-electron chi connectivity index (χ2n) is 5.26. The van der Waals surface area contributed by atoms with Crippen LogP contribution < -0.4 is 0 Å². The van der Waals surface area contributed by atoms with E-state index in [0.29, 0.717) is 5.56 Å². The molecular formula is C17H14F3N3. The molecule has 118 valence electrons. The molecule has 3 aromatic rings. The lowest BCUT2D eigenvalue weighted by atomic mass is 10.1. The quantitative estimate of drug-likeness (QED) is 0.723. The van der Waals surface area contributed by atoms with Crippen LogP contribution in [-0.4, -0.2) is 15.0 Å². The Bertz CT molecular complexity index is 800. The molecule has 2 aromatic carbocycles. The molecule has 0 bridgehead atoms. The zero-order chi connectivity index (χ0) is 16.4. The van der Waals surface area contributed by atoms with Gasteiger partial charge in [0.25, 0.3) is 0 Å². The van der Waals surface area contributed by atoms with Crippen molar-refractivity contribution in [3.8, 4) is 0 Å². The summed E-state index contributed by atoms with van der Waals surface area (Å²) >= 11 is 0. The predicted molar refractivity (Wildman–Crippen MR) is 79.7 cm³/mol. The second kappa shape index (κ2) is 5.87. The number of alkyl halides is 2. The van der Waals surface area contributed by atoms with Gasteiger partial charge in [-0.1, -0.05) is 47.7 Å². The molecule has 0 amide bonds. The zero-order valence-corrected chi connectivity index (χ0v) is 12.3. The van der Waals surface area contributed by atoms with E-state index >= 15 is 0 Å². The van der Waals surface area contributed by atoms with Crippen LogP contribution >= 0.6 is 0 Å². The number of hydrogen-bond acceptors (Lipinski definition) is 2. The first-order valence-corrected chi connectivity index (χ1v) is 7.09. The lowest BCUT2D eigenvalue weighted by Gasteiger charge is -2.14. The minimum absolute atomic E-state index is 0.148. The number of halogens is 3. The highest BCUT2D eigenvalue weighted by Gasteiger charge is 2.37. The molecule has 1 aromatic heterocycles. The van der Waals surface area contributed by atoms with Crippen molar-refractivity contribution in [3.05, 3.63) is 83.4 Å². The van der Waals surface area contributed by atoms with Crippen molar-refractivity contribution < 1.29 is 13.2 Å². The lowest BCUT2D eigenvalue weighted by molar-refractivity contribution is 0.0378. The Kier molecular flexibility index (Phi) is 3.90. The molecular weight excluding hydrogens is 303 g/mol. The van der Waals surface area contributed by atoms with Gasteiger partial charge in [0.2, 0.25) is 0 Å². The van der Waals surface area contributed by atoms with Gasteiger partial charge in [-0.3, -0.25) is 0 Å². The van der Waals surface area contributed by atoms with Gasteiger partial charge in [-0.2, -0.15) is 8.78 Å². The SMILES string of the molecule is C[C@H](c1cccc(F)c1)n1cc(C(F)(F)c2ccccc2)nn1. The highest BCUT2D eigenvalue weighted by molar-refractivity contribution is 5.28. The summed E-state index contributed by atoms with van der Waals surface area (Å²) in [5, 5.41) is 7.38. The topological polar surface area (TPSA) is 30.7 Å². The lowest BCUT2D eigenvalue weighted by Crippen LogP contribution is -2.15. The summed E-state index contributed by atoms with van der Waals surface area (Å²) in [6.07, 6.45) is 1.20. The maximum atomic E-state index is 14.5. The Hall–Kier alpha value is -2.63. The van der Waals surface area contributed by atoms with Crippen molar-refractivity contribution in [1.29, 1.82) is 0 Å². The monoisotopic (exact) mass is 317 g/mol. The van der Waals surface area contributed by atoms with Gasteiger partial charge in [-0.25, -0.2) is 9.07 Å².